The Morgan fingerprint density at radius 2 is 1.95 bits per heavy atom. The number of halogens is 2. The summed E-state index contributed by atoms with van der Waals surface area (Å²) in [6.45, 7) is -1.55. The number of alkyl halides is 2. The molecule has 0 unspecified atom stereocenters. The van der Waals surface area contributed by atoms with Gasteiger partial charge in [-0.1, -0.05) is 12.1 Å². The van der Waals surface area contributed by atoms with Gasteiger partial charge in [0.05, 0.1) is 25.1 Å². The van der Waals surface area contributed by atoms with E-state index < -0.39 is 12.7 Å². The number of benzene rings is 2. The van der Waals surface area contributed by atoms with E-state index in [0.29, 0.717) is 37.0 Å². The number of amides is 1. The molecule has 2 N–H and O–H groups in total. The Morgan fingerprint density at radius 3 is 2.74 bits per heavy atom. The molecule has 4 aromatic rings. The highest BCUT2D eigenvalue weighted by Crippen LogP contribution is 2.36. The van der Waals surface area contributed by atoms with Gasteiger partial charge in [-0.3, -0.25) is 0 Å². The minimum absolute atomic E-state index is 0.00181. The average molecular weight is 524 g/mol. The highest BCUT2D eigenvalue weighted by atomic mass is 19.3. The number of nitrogens with one attached hydrogen (secondary N) is 2. The second-order valence-corrected chi connectivity index (χ2v) is 8.85. The Hall–Kier alpha value is -4.41. The Labute approximate surface area is 217 Å². The number of hydrogen-bond donors (Lipinski definition) is 2. The number of alkyl carbamates (subject to hydrolysis) is 1. The topological polar surface area (TPSA) is 99.0 Å². The van der Waals surface area contributed by atoms with Crippen molar-refractivity contribution in [3.8, 4) is 34.0 Å². The normalized spacial score (nSPS) is 12.9. The van der Waals surface area contributed by atoms with Gasteiger partial charge in [0.1, 0.15) is 0 Å². The van der Waals surface area contributed by atoms with Crippen LogP contribution in [0, 0.1) is 5.92 Å². The SMILES string of the molecule is COC(=O)NCCNc1cccc(-c2cc3nccc(-c4ccc(OC(F)F)c(OCC5CC5)c4)n3n2)c1. The average Bonchev–Trinajstić information content (AvgIpc) is 3.65. The number of carbonyl (C=O) groups excluding carboxylic acids is 1. The highest BCUT2D eigenvalue weighted by molar-refractivity contribution is 5.72. The van der Waals surface area contributed by atoms with Crippen LogP contribution >= 0.6 is 0 Å². The molecule has 0 radical (unpaired) electrons. The van der Waals surface area contributed by atoms with Gasteiger partial charge in [0.25, 0.3) is 0 Å². The van der Waals surface area contributed by atoms with Crippen LogP contribution in [0.15, 0.2) is 60.8 Å². The molecule has 1 amide bonds. The molecule has 1 saturated carbocycles. The van der Waals surface area contributed by atoms with E-state index in [1.807, 2.05) is 36.4 Å². The second-order valence-electron chi connectivity index (χ2n) is 8.85. The molecule has 38 heavy (non-hydrogen) atoms. The number of rotatable bonds is 11. The number of ether oxygens (including phenoxy) is 3. The smallest absolute Gasteiger partial charge is 0.406 e. The van der Waals surface area contributed by atoms with Crippen LogP contribution in [-0.2, 0) is 4.74 Å². The van der Waals surface area contributed by atoms with E-state index in [2.05, 4.69) is 25.1 Å². The molecule has 0 spiro atoms. The molecule has 0 atom stereocenters. The number of aromatic nitrogens is 3. The zero-order valence-electron chi connectivity index (χ0n) is 20.7. The van der Waals surface area contributed by atoms with E-state index in [1.165, 1.54) is 13.2 Å². The quantitative estimate of drug-likeness (QED) is 0.260. The number of carbonyl (C=O) groups is 1. The Bertz CT molecular complexity index is 1420. The molecule has 5 rings (SSSR count). The molecule has 1 aliphatic rings. The summed E-state index contributed by atoms with van der Waals surface area (Å²) in [7, 11) is 1.32. The third-order valence-electron chi connectivity index (χ3n) is 6.05. The minimum Gasteiger partial charge on any atom is -0.489 e. The van der Waals surface area contributed by atoms with Crippen LogP contribution in [0.5, 0.6) is 11.5 Å². The molecule has 2 heterocycles. The first-order valence-corrected chi connectivity index (χ1v) is 12.2. The van der Waals surface area contributed by atoms with Crippen molar-refractivity contribution >= 4 is 17.4 Å². The summed E-state index contributed by atoms with van der Waals surface area (Å²) in [5.41, 5.74) is 4.54. The maximum atomic E-state index is 12.9. The maximum absolute atomic E-state index is 12.9. The fraction of sp³-hybridized carbons (Fsp3) is 0.296. The third-order valence-corrected chi connectivity index (χ3v) is 6.05. The predicted molar refractivity (Wildman–Crippen MR) is 138 cm³/mol. The lowest BCUT2D eigenvalue weighted by molar-refractivity contribution is -0.0515. The molecule has 1 fully saturated rings. The number of anilines is 1. The van der Waals surface area contributed by atoms with Crippen molar-refractivity contribution in [2.45, 2.75) is 19.5 Å². The third kappa shape index (κ3) is 6.10. The predicted octanol–water partition coefficient (Wildman–Crippen LogP) is 5.22. The van der Waals surface area contributed by atoms with Gasteiger partial charge in [-0.25, -0.2) is 14.3 Å². The minimum atomic E-state index is -2.94. The van der Waals surface area contributed by atoms with Crippen molar-refractivity contribution in [1.82, 2.24) is 19.9 Å². The van der Waals surface area contributed by atoms with Crippen molar-refractivity contribution in [3.05, 3.63) is 60.8 Å². The summed E-state index contributed by atoms with van der Waals surface area (Å²) in [6, 6.07) is 16.3. The summed E-state index contributed by atoms with van der Waals surface area (Å²) in [6.07, 6.45) is 3.35. The summed E-state index contributed by atoms with van der Waals surface area (Å²) >= 11 is 0. The summed E-state index contributed by atoms with van der Waals surface area (Å²) < 4.78 is 42.7. The summed E-state index contributed by atoms with van der Waals surface area (Å²) in [4.78, 5) is 15.6. The van der Waals surface area contributed by atoms with E-state index in [9.17, 15) is 13.6 Å². The molecule has 2 aromatic carbocycles. The van der Waals surface area contributed by atoms with Gasteiger partial charge >= 0.3 is 12.7 Å². The van der Waals surface area contributed by atoms with E-state index in [1.54, 1.807) is 22.8 Å². The molecule has 11 heteroatoms. The number of hydrogen-bond acceptors (Lipinski definition) is 7. The molecular formula is C27H27F2N5O4. The van der Waals surface area contributed by atoms with Crippen molar-refractivity contribution in [2.75, 3.05) is 32.1 Å². The molecule has 0 aliphatic heterocycles. The van der Waals surface area contributed by atoms with E-state index >= 15 is 0 Å². The molecule has 0 saturated heterocycles. The first-order chi connectivity index (χ1) is 18.5. The van der Waals surface area contributed by atoms with Crippen molar-refractivity contribution in [2.24, 2.45) is 5.92 Å². The Morgan fingerprint density at radius 1 is 1.08 bits per heavy atom. The lowest BCUT2D eigenvalue weighted by atomic mass is 10.1. The van der Waals surface area contributed by atoms with Crippen LogP contribution in [0.3, 0.4) is 0 Å². The monoisotopic (exact) mass is 523 g/mol. The van der Waals surface area contributed by atoms with Crippen molar-refractivity contribution in [3.63, 3.8) is 0 Å². The fourth-order valence-corrected chi connectivity index (χ4v) is 3.95. The van der Waals surface area contributed by atoms with Gasteiger partial charge < -0.3 is 24.8 Å². The van der Waals surface area contributed by atoms with Gasteiger partial charge in [0, 0.05) is 42.2 Å². The largest absolute Gasteiger partial charge is 0.489 e. The highest BCUT2D eigenvalue weighted by Gasteiger charge is 2.23. The van der Waals surface area contributed by atoms with Crippen LogP contribution in [0.2, 0.25) is 0 Å². The standard InChI is InChI=1S/C27H27F2N5O4/c1-36-27(35)32-12-11-30-20-4-2-3-18(13-20)21-15-25-31-10-9-22(34(25)33-21)19-7-8-23(38-26(28)29)24(14-19)37-16-17-5-6-17/h2-4,7-10,13-15,17,26,30H,5-6,11-12,16H2,1H3,(H,32,35). The summed E-state index contributed by atoms with van der Waals surface area (Å²) in [5.74, 6) is 0.725. The van der Waals surface area contributed by atoms with Crippen LogP contribution < -0.4 is 20.1 Å². The maximum Gasteiger partial charge on any atom is 0.406 e. The van der Waals surface area contributed by atoms with E-state index in [0.717, 1.165) is 35.3 Å². The fourth-order valence-electron chi connectivity index (χ4n) is 3.95. The first kappa shape index (κ1) is 25.2. The van der Waals surface area contributed by atoms with Crippen LogP contribution in [0.1, 0.15) is 12.8 Å². The lowest BCUT2D eigenvalue weighted by Gasteiger charge is -2.14. The molecule has 2 aromatic heterocycles. The molecular weight excluding hydrogens is 496 g/mol. The number of fused-ring (bicyclic) bond motifs is 1. The first-order valence-electron chi connectivity index (χ1n) is 12.2. The van der Waals surface area contributed by atoms with Gasteiger partial charge in [0.15, 0.2) is 17.1 Å². The van der Waals surface area contributed by atoms with Crippen LogP contribution in [0.4, 0.5) is 19.3 Å². The van der Waals surface area contributed by atoms with E-state index in [4.69, 9.17) is 9.84 Å². The zero-order valence-corrected chi connectivity index (χ0v) is 20.7. The van der Waals surface area contributed by atoms with Crippen molar-refractivity contribution < 1.29 is 27.8 Å². The summed E-state index contributed by atoms with van der Waals surface area (Å²) in [5, 5.41) is 10.7. The lowest BCUT2D eigenvalue weighted by Crippen LogP contribution is -2.28. The Kier molecular flexibility index (Phi) is 7.52. The molecule has 1 aliphatic carbocycles. The van der Waals surface area contributed by atoms with Gasteiger partial charge in [-0.15, -0.1) is 0 Å². The van der Waals surface area contributed by atoms with Crippen molar-refractivity contribution in [1.29, 1.82) is 0 Å². The number of methoxy groups -OCH3 is 1. The van der Waals surface area contributed by atoms with Gasteiger partial charge in [-0.05, 0) is 55.2 Å². The Balaban J connectivity index is 1.39. The van der Waals surface area contributed by atoms with E-state index in [-0.39, 0.29) is 11.5 Å². The van der Waals surface area contributed by atoms with Crippen LogP contribution in [0.25, 0.3) is 28.2 Å². The van der Waals surface area contributed by atoms with Gasteiger partial charge in [-0.2, -0.15) is 13.9 Å². The van der Waals surface area contributed by atoms with Crippen LogP contribution in [-0.4, -0.2) is 54.1 Å². The second kappa shape index (κ2) is 11.3. The molecule has 198 valence electrons. The number of nitrogens with zero attached hydrogens (tertiary/aromatic N) is 3. The zero-order chi connectivity index (χ0) is 26.5. The molecule has 0 bridgehead atoms. The molecule has 9 nitrogen and oxygen atoms in total. The van der Waals surface area contributed by atoms with Gasteiger partial charge in [0.2, 0.25) is 0 Å².